The largest absolute Gasteiger partial charge is 0.389 e. The Hall–Kier alpha value is 0.190. The van der Waals surface area contributed by atoms with E-state index in [4.69, 9.17) is 9.47 Å². The van der Waals surface area contributed by atoms with Crippen LogP contribution < -0.4 is 4.72 Å². The first-order valence-electron chi connectivity index (χ1n) is 3.91. The Labute approximate surface area is 77.8 Å². The van der Waals surface area contributed by atoms with Crippen LogP contribution in [0.1, 0.15) is 13.8 Å². The molecular weight excluding hydrogens is 178 g/mol. The van der Waals surface area contributed by atoms with E-state index in [1.54, 1.807) is 0 Å². The van der Waals surface area contributed by atoms with Crippen molar-refractivity contribution in [3.63, 3.8) is 0 Å². The molecule has 0 aromatic heterocycles. The fourth-order valence-electron chi connectivity index (χ4n) is 0.969. The van der Waals surface area contributed by atoms with Gasteiger partial charge in [-0.3, -0.25) is 4.72 Å². The highest BCUT2D eigenvalue weighted by atomic mass is 32.1. The summed E-state index contributed by atoms with van der Waals surface area (Å²) in [6, 6.07) is -0.171. The number of aliphatic hydroxyl groups is 1. The standard InChI is InChI=1S/C7H15NO3S/c1-7(2)10-3-5(8-12)6(9)4-11-7/h5-6,8-9,12H,3-4H2,1-2H3. The third kappa shape index (κ3) is 2.60. The van der Waals surface area contributed by atoms with Gasteiger partial charge in [0.2, 0.25) is 0 Å². The zero-order valence-corrected chi connectivity index (χ0v) is 8.17. The Kier molecular flexibility index (Phi) is 3.37. The maximum atomic E-state index is 9.46. The van der Waals surface area contributed by atoms with Gasteiger partial charge in [-0.2, -0.15) is 0 Å². The number of hydrogen-bond donors (Lipinski definition) is 3. The highest BCUT2D eigenvalue weighted by molar-refractivity contribution is 7.78. The van der Waals surface area contributed by atoms with Gasteiger partial charge in [0.1, 0.15) is 0 Å². The fourth-order valence-corrected chi connectivity index (χ4v) is 1.22. The third-order valence-corrected chi connectivity index (χ3v) is 2.17. The number of thiol groups is 1. The minimum atomic E-state index is -0.611. The van der Waals surface area contributed by atoms with Crippen molar-refractivity contribution in [3.8, 4) is 0 Å². The minimum absolute atomic E-state index is 0.171. The van der Waals surface area contributed by atoms with Gasteiger partial charge in [-0.15, -0.1) is 0 Å². The van der Waals surface area contributed by atoms with Crippen molar-refractivity contribution in [2.75, 3.05) is 13.2 Å². The molecule has 0 amide bonds. The molecule has 0 saturated carbocycles. The summed E-state index contributed by atoms with van der Waals surface area (Å²) in [4.78, 5) is 0. The molecule has 1 heterocycles. The predicted octanol–water partition coefficient (Wildman–Crippen LogP) is -0.0668. The lowest BCUT2D eigenvalue weighted by Crippen LogP contribution is -2.39. The molecule has 1 saturated heterocycles. The van der Waals surface area contributed by atoms with E-state index in [0.29, 0.717) is 6.61 Å². The summed E-state index contributed by atoms with van der Waals surface area (Å²) in [6.07, 6.45) is -0.565. The number of aliphatic hydroxyl groups excluding tert-OH is 1. The van der Waals surface area contributed by atoms with Crippen molar-refractivity contribution in [1.82, 2.24) is 4.72 Å². The van der Waals surface area contributed by atoms with E-state index >= 15 is 0 Å². The topological polar surface area (TPSA) is 50.7 Å². The van der Waals surface area contributed by atoms with Crippen LogP contribution in [0.15, 0.2) is 0 Å². The number of rotatable bonds is 1. The molecule has 0 spiro atoms. The first-order chi connectivity index (χ1) is 5.55. The molecule has 1 fully saturated rings. The van der Waals surface area contributed by atoms with E-state index in [1.807, 2.05) is 13.8 Å². The molecule has 2 atom stereocenters. The monoisotopic (exact) mass is 193 g/mol. The van der Waals surface area contributed by atoms with Crippen LogP contribution >= 0.6 is 12.8 Å². The summed E-state index contributed by atoms with van der Waals surface area (Å²) in [6.45, 7) is 4.31. The zero-order valence-electron chi connectivity index (χ0n) is 7.28. The van der Waals surface area contributed by atoms with Gasteiger partial charge in [0, 0.05) is 0 Å². The van der Waals surface area contributed by atoms with Gasteiger partial charge in [-0.05, 0) is 13.8 Å². The van der Waals surface area contributed by atoms with Crippen molar-refractivity contribution in [2.24, 2.45) is 0 Å². The molecule has 1 aliphatic rings. The van der Waals surface area contributed by atoms with Gasteiger partial charge < -0.3 is 14.6 Å². The molecule has 0 aromatic carbocycles. The van der Waals surface area contributed by atoms with Gasteiger partial charge in [0.05, 0.1) is 25.4 Å². The molecule has 1 aliphatic heterocycles. The smallest absolute Gasteiger partial charge is 0.162 e. The summed E-state index contributed by atoms with van der Waals surface area (Å²) in [5.41, 5.74) is 0. The molecule has 2 N–H and O–H groups in total. The Morgan fingerprint density at radius 3 is 2.58 bits per heavy atom. The molecule has 0 bridgehead atoms. The van der Waals surface area contributed by atoms with Gasteiger partial charge in [0.15, 0.2) is 5.79 Å². The second-order valence-corrected chi connectivity index (χ2v) is 3.58. The van der Waals surface area contributed by atoms with Crippen molar-refractivity contribution in [3.05, 3.63) is 0 Å². The van der Waals surface area contributed by atoms with Crippen molar-refractivity contribution in [2.45, 2.75) is 31.8 Å². The summed E-state index contributed by atoms with van der Waals surface area (Å²) < 4.78 is 13.3. The van der Waals surface area contributed by atoms with Crippen LogP contribution in [0, 0.1) is 0 Å². The summed E-state index contributed by atoms with van der Waals surface area (Å²) >= 11 is 3.88. The second-order valence-electron chi connectivity index (χ2n) is 3.32. The normalized spacial score (nSPS) is 36.0. The summed E-state index contributed by atoms with van der Waals surface area (Å²) in [5, 5.41) is 9.46. The average molecular weight is 193 g/mol. The van der Waals surface area contributed by atoms with E-state index in [2.05, 4.69) is 17.5 Å². The lowest BCUT2D eigenvalue weighted by molar-refractivity contribution is -0.203. The van der Waals surface area contributed by atoms with Gasteiger partial charge in [-0.25, -0.2) is 0 Å². The highest BCUT2D eigenvalue weighted by Gasteiger charge is 2.30. The Morgan fingerprint density at radius 1 is 1.42 bits per heavy atom. The maximum Gasteiger partial charge on any atom is 0.162 e. The molecule has 5 heteroatoms. The van der Waals surface area contributed by atoms with E-state index in [0.717, 1.165) is 0 Å². The Balaban J connectivity index is 2.53. The van der Waals surface area contributed by atoms with Crippen LogP contribution in [0.3, 0.4) is 0 Å². The van der Waals surface area contributed by atoms with Crippen LogP contribution in [-0.4, -0.2) is 36.3 Å². The fraction of sp³-hybridized carbons (Fsp3) is 1.00. The molecule has 0 aromatic rings. The van der Waals surface area contributed by atoms with Gasteiger partial charge in [-0.1, -0.05) is 12.8 Å². The van der Waals surface area contributed by atoms with E-state index in [9.17, 15) is 5.11 Å². The Morgan fingerprint density at radius 2 is 2.00 bits per heavy atom. The number of nitrogens with one attached hydrogen (secondary N) is 1. The van der Waals surface area contributed by atoms with Crippen LogP contribution in [0.25, 0.3) is 0 Å². The average Bonchev–Trinajstić information content (AvgIpc) is 2.13. The molecule has 2 unspecified atom stereocenters. The van der Waals surface area contributed by atoms with Crippen molar-refractivity contribution in [1.29, 1.82) is 0 Å². The molecule has 0 aliphatic carbocycles. The molecule has 4 nitrogen and oxygen atoms in total. The Bertz CT molecular complexity index is 154. The van der Waals surface area contributed by atoms with Crippen LogP contribution in [0.4, 0.5) is 0 Å². The van der Waals surface area contributed by atoms with Crippen molar-refractivity contribution < 1.29 is 14.6 Å². The van der Waals surface area contributed by atoms with Crippen molar-refractivity contribution >= 4 is 12.8 Å². The van der Waals surface area contributed by atoms with E-state index in [1.165, 1.54) is 0 Å². The van der Waals surface area contributed by atoms with Crippen LogP contribution in [0.5, 0.6) is 0 Å². The van der Waals surface area contributed by atoms with Crippen LogP contribution in [0.2, 0.25) is 0 Å². The molecular formula is C7H15NO3S. The highest BCUT2D eigenvalue weighted by Crippen LogP contribution is 2.17. The third-order valence-electron chi connectivity index (χ3n) is 1.84. The second kappa shape index (κ2) is 3.93. The summed E-state index contributed by atoms with van der Waals surface area (Å²) in [7, 11) is 0. The first kappa shape index (κ1) is 10.3. The van der Waals surface area contributed by atoms with E-state index in [-0.39, 0.29) is 12.6 Å². The van der Waals surface area contributed by atoms with E-state index < -0.39 is 11.9 Å². The minimum Gasteiger partial charge on any atom is -0.389 e. The van der Waals surface area contributed by atoms with Crippen LogP contribution in [-0.2, 0) is 9.47 Å². The SMILES string of the molecule is CC1(C)OCC(O)C(NS)CO1. The first-order valence-corrected chi connectivity index (χ1v) is 4.35. The molecule has 12 heavy (non-hydrogen) atoms. The quantitative estimate of drug-likeness (QED) is 0.510. The summed E-state index contributed by atoms with van der Waals surface area (Å²) in [5.74, 6) is -0.611. The van der Waals surface area contributed by atoms with Gasteiger partial charge >= 0.3 is 0 Å². The molecule has 1 rings (SSSR count). The number of ether oxygens (including phenoxy) is 2. The molecule has 72 valence electrons. The number of hydrogen-bond acceptors (Lipinski definition) is 5. The lowest BCUT2D eigenvalue weighted by atomic mass is 10.2. The zero-order chi connectivity index (χ0) is 9.19. The maximum absolute atomic E-state index is 9.46. The lowest BCUT2D eigenvalue weighted by Gasteiger charge is -2.22. The van der Waals surface area contributed by atoms with Gasteiger partial charge in [0.25, 0.3) is 0 Å². The predicted molar refractivity (Wildman–Crippen MR) is 47.9 cm³/mol. The molecule has 0 radical (unpaired) electrons.